The van der Waals surface area contributed by atoms with Gasteiger partial charge in [0.2, 0.25) is 10.0 Å². The average Bonchev–Trinajstić information content (AvgIpc) is 3.19. The molecule has 2 radical (unpaired) electrons. The number of sulfonamides is 1. The van der Waals surface area contributed by atoms with Gasteiger partial charge in [0.25, 0.3) is 0 Å². The normalized spacial score (nSPS) is 15.9. The Balaban J connectivity index is 1.54. The predicted octanol–water partition coefficient (Wildman–Crippen LogP) is 2.50. The number of hydrogen-bond donors (Lipinski definition) is 1. The van der Waals surface area contributed by atoms with Crippen molar-refractivity contribution in [2.45, 2.75) is 25.8 Å². The molecule has 3 aromatic rings. The lowest BCUT2D eigenvalue weighted by atomic mass is 10.0. The van der Waals surface area contributed by atoms with E-state index < -0.39 is 10.0 Å². The summed E-state index contributed by atoms with van der Waals surface area (Å²) in [5.41, 5.74) is 2.81. The number of allylic oxidation sites excluding steroid dienone is 1. The maximum atomic E-state index is 13.0. The minimum Gasteiger partial charge on any atom is -0.367 e. The second-order valence-electron chi connectivity index (χ2n) is 8.62. The van der Waals surface area contributed by atoms with Crippen LogP contribution in [0.5, 0.6) is 0 Å². The molecule has 3 heterocycles. The zero-order valence-corrected chi connectivity index (χ0v) is 21.5. The molecular weight excluding hydrogens is 485 g/mol. The quantitative estimate of drug-likeness (QED) is 0.297. The van der Waals surface area contributed by atoms with E-state index in [0.717, 1.165) is 5.56 Å². The van der Waals surface area contributed by atoms with Gasteiger partial charge in [0.15, 0.2) is 5.65 Å². The van der Waals surface area contributed by atoms with Crippen molar-refractivity contribution in [1.29, 1.82) is 0 Å². The molecule has 0 atom stereocenters. The van der Waals surface area contributed by atoms with Crippen molar-refractivity contribution in [1.82, 2.24) is 23.9 Å². The van der Waals surface area contributed by atoms with Crippen molar-refractivity contribution in [3.63, 3.8) is 0 Å². The Labute approximate surface area is 211 Å². The minimum atomic E-state index is -3.69. The van der Waals surface area contributed by atoms with Crippen molar-refractivity contribution >= 4 is 52.1 Å². The Morgan fingerprint density at radius 2 is 1.97 bits per heavy atom. The third kappa shape index (κ3) is 5.22. The van der Waals surface area contributed by atoms with Gasteiger partial charge in [0.05, 0.1) is 16.3 Å². The van der Waals surface area contributed by atoms with Gasteiger partial charge in [0.1, 0.15) is 13.7 Å². The first-order valence-electron chi connectivity index (χ1n) is 11.2. The zero-order chi connectivity index (χ0) is 25.3. The Morgan fingerprint density at radius 1 is 1.29 bits per heavy atom. The van der Waals surface area contributed by atoms with Gasteiger partial charge in [-0.2, -0.15) is 19.0 Å². The first-order valence-corrected chi connectivity index (χ1v) is 13.0. The summed E-state index contributed by atoms with van der Waals surface area (Å²) >= 11 is 6.41. The average molecular weight is 512 g/mol. The number of aromatic nitrogens is 3. The molecule has 9 nitrogen and oxygen atoms in total. The standard InChI is InChI=1S/C23H27BClN7O2S/c1-15(29-30(3)4)16(2)35(33,34)31-11-9-17(10-12-31)27-22-13-21(18-7-5-6-8-20(18)25)28-23-19(24)14-26-32(22)23/h5-8,13-14,17,27H,2,9-12H2,1,3-4H3/b29-15-. The van der Waals surface area contributed by atoms with Crippen LogP contribution in [0.1, 0.15) is 19.8 Å². The van der Waals surface area contributed by atoms with Crippen molar-refractivity contribution in [2.24, 2.45) is 5.10 Å². The molecule has 1 fully saturated rings. The number of piperidine rings is 1. The van der Waals surface area contributed by atoms with Crippen LogP contribution in [0.4, 0.5) is 5.82 Å². The van der Waals surface area contributed by atoms with Crippen LogP contribution in [0.2, 0.25) is 5.02 Å². The van der Waals surface area contributed by atoms with E-state index >= 15 is 0 Å². The lowest BCUT2D eigenvalue weighted by Crippen LogP contribution is -2.43. The number of nitrogens with one attached hydrogen (secondary N) is 1. The molecule has 1 N–H and O–H groups in total. The summed E-state index contributed by atoms with van der Waals surface area (Å²) in [5.74, 6) is 0.710. The molecule has 1 aliphatic heterocycles. The predicted molar refractivity (Wildman–Crippen MR) is 142 cm³/mol. The van der Waals surface area contributed by atoms with E-state index in [9.17, 15) is 8.42 Å². The topological polar surface area (TPSA) is 95.2 Å². The molecule has 182 valence electrons. The van der Waals surface area contributed by atoms with Crippen molar-refractivity contribution in [3.8, 4) is 11.3 Å². The number of fused-ring (bicyclic) bond motifs is 1. The second kappa shape index (κ2) is 10.0. The number of rotatable bonds is 7. The van der Waals surface area contributed by atoms with Gasteiger partial charge in [-0.1, -0.05) is 36.4 Å². The summed E-state index contributed by atoms with van der Waals surface area (Å²) in [5, 5.41) is 14.2. The van der Waals surface area contributed by atoms with E-state index in [1.54, 1.807) is 36.7 Å². The molecule has 2 aromatic heterocycles. The zero-order valence-electron chi connectivity index (χ0n) is 19.9. The Hall–Kier alpha value is -2.89. The van der Waals surface area contributed by atoms with Crippen LogP contribution in [0.3, 0.4) is 0 Å². The van der Waals surface area contributed by atoms with Crippen molar-refractivity contribution in [2.75, 3.05) is 32.5 Å². The van der Waals surface area contributed by atoms with Crippen molar-refractivity contribution in [3.05, 3.63) is 53.0 Å². The molecule has 1 aromatic carbocycles. The van der Waals surface area contributed by atoms with Gasteiger partial charge in [0, 0.05) is 56.1 Å². The van der Waals surface area contributed by atoms with Crippen LogP contribution in [-0.4, -0.2) is 79.1 Å². The Bertz CT molecular complexity index is 1400. The third-order valence-electron chi connectivity index (χ3n) is 5.86. The molecule has 0 spiro atoms. The van der Waals surface area contributed by atoms with Gasteiger partial charge in [-0.05, 0) is 31.3 Å². The maximum Gasteiger partial charge on any atom is 0.244 e. The maximum absolute atomic E-state index is 13.0. The molecule has 0 unspecified atom stereocenters. The molecule has 0 amide bonds. The second-order valence-corrected chi connectivity index (χ2v) is 11.0. The number of halogens is 1. The fraction of sp³-hybridized carbons (Fsp3) is 0.348. The number of hydrazone groups is 1. The van der Waals surface area contributed by atoms with Crippen LogP contribution in [0.25, 0.3) is 16.9 Å². The highest BCUT2D eigenvalue weighted by Gasteiger charge is 2.31. The minimum absolute atomic E-state index is 0.0184. The highest BCUT2D eigenvalue weighted by Crippen LogP contribution is 2.29. The molecule has 4 rings (SSSR count). The van der Waals surface area contributed by atoms with Gasteiger partial charge in [-0.15, -0.1) is 0 Å². The van der Waals surface area contributed by atoms with Crippen molar-refractivity contribution < 1.29 is 8.42 Å². The summed E-state index contributed by atoms with van der Waals surface area (Å²) in [6.07, 6.45) is 2.78. The van der Waals surface area contributed by atoms with E-state index in [-0.39, 0.29) is 10.9 Å². The highest BCUT2D eigenvalue weighted by atomic mass is 35.5. The first kappa shape index (κ1) is 25.2. The number of benzene rings is 1. The van der Waals surface area contributed by atoms with Crippen LogP contribution < -0.4 is 10.8 Å². The van der Waals surface area contributed by atoms with Gasteiger partial charge in [-0.25, -0.2) is 13.4 Å². The van der Waals surface area contributed by atoms with Crippen LogP contribution in [0, 0.1) is 0 Å². The van der Waals surface area contributed by atoms with E-state index in [2.05, 4.69) is 27.1 Å². The largest absolute Gasteiger partial charge is 0.367 e. The van der Waals surface area contributed by atoms with E-state index in [0.29, 0.717) is 59.3 Å². The molecule has 0 bridgehead atoms. The molecular formula is C23H27BClN7O2S. The fourth-order valence-corrected chi connectivity index (χ4v) is 5.69. The molecule has 1 saturated heterocycles. The fourth-order valence-electron chi connectivity index (χ4n) is 4.04. The summed E-state index contributed by atoms with van der Waals surface area (Å²) in [6.45, 7) is 6.15. The molecule has 0 aliphatic carbocycles. The van der Waals surface area contributed by atoms with Crippen LogP contribution in [0.15, 0.2) is 53.1 Å². The number of nitrogens with zero attached hydrogens (tertiary/aromatic N) is 6. The molecule has 12 heteroatoms. The van der Waals surface area contributed by atoms with E-state index in [1.165, 1.54) is 4.31 Å². The Morgan fingerprint density at radius 3 is 2.63 bits per heavy atom. The summed E-state index contributed by atoms with van der Waals surface area (Å²) in [6, 6.07) is 9.38. The first-order chi connectivity index (χ1) is 16.6. The third-order valence-corrected chi connectivity index (χ3v) is 8.15. The lowest BCUT2D eigenvalue weighted by Gasteiger charge is -2.32. The van der Waals surface area contributed by atoms with E-state index in [4.69, 9.17) is 19.4 Å². The van der Waals surface area contributed by atoms with Crippen LogP contribution >= 0.6 is 11.6 Å². The highest BCUT2D eigenvalue weighted by molar-refractivity contribution is 7.94. The van der Waals surface area contributed by atoms with E-state index in [1.807, 2.05) is 30.3 Å². The molecule has 1 aliphatic rings. The summed E-state index contributed by atoms with van der Waals surface area (Å²) < 4.78 is 29.2. The lowest BCUT2D eigenvalue weighted by molar-refractivity contribution is 0.332. The number of anilines is 1. The number of hydrogen-bond acceptors (Lipinski definition) is 7. The Kier molecular flexibility index (Phi) is 7.21. The monoisotopic (exact) mass is 511 g/mol. The smallest absolute Gasteiger partial charge is 0.244 e. The summed E-state index contributed by atoms with van der Waals surface area (Å²) in [7, 11) is 5.90. The van der Waals surface area contributed by atoms with Gasteiger partial charge < -0.3 is 10.3 Å². The summed E-state index contributed by atoms with van der Waals surface area (Å²) in [4.78, 5) is 4.68. The van der Waals surface area contributed by atoms with Gasteiger partial charge >= 0.3 is 0 Å². The van der Waals surface area contributed by atoms with Crippen LogP contribution in [-0.2, 0) is 10.0 Å². The van der Waals surface area contributed by atoms with Gasteiger partial charge in [-0.3, -0.25) is 0 Å². The molecule has 35 heavy (non-hydrogen) atoms. The SMILES string of the molecule is [B]c1cnn2c(NC3CCN(S(=O)(=O)C(=C)/C(C)=N\N(C)C)CC3)cc(-c3ccccc3Cl)nc12. The molecule has 0 saturated carbocycles.